The van der Waals surface area contributed by atoms with Crippen molar-refractivity contribution in [1.29, 1.82) is 0 Å². The van der Waals surface area contributed by atoms with E-state index in [1.54, 1.807) is 11.6 Å². The van der Waals surface area contributed by atoms with E-state index >= 15 is 0 Å². The summed E-state index contributed by atoms with van der Waals surface area (Å²) in [6.07, 6.45) is 5.89. The number of aryl methyl sites for hydroxylation is 1. The van der Waals surface area contributed by atoms with Crippen LogP contribution >= 0.6 is 11.6 Å². The summed E-state index contributed by atoms with van der Waals surface area (Å²) in [6.45, 7) is 3.07. The lowest BCUT2D eigenvalue weighted by atomic mass is 9.67. The van der Waals surface area contributed by atoms with E-state index in [1.807, 2.05) is 19.1 Å². The molecule has 1 N–H and O–H groups in total. The summed E-state index contributed by atoms with van der Waals surface area (Å²) in [5.74, 6) is -0.323. The van der Waals surface area contributed by atoms with Crippen LogP contribution < -0.4 is 5.56 Å². The molecule has 1 aliphatic heterocycles. The second kappa shape index (κ2) is 7.48. The van der Waals surface area contributed by atoms with Gasteiger partial charge in [-0.25, -0.2) is 0 Å². The van der Waals surface area contributed by atoms with Crippen molar-refractivity contribution in [2.45, 2.75) is 57.4 Å². The number of carbonyl (C=O) groups is 1. The standard InChI is InChI=1S/C22H26ClN3O3/c1-14-10-15(12-16(23)11-14)22(6-4-3-5-7-22)13-17-24-20(28)19(27)18-21(29)25(2)8-9-26(17)18/h10-12,27H,3-9,13H2,1-2H3. The zero-order chi connectivity index (χ0) is 20.8. The third-order valence-electron chi connectivity index (χ3n) is 6.41. The Labute approximate surface area is 175 Å². The normalized spacial score (nSPS) is 18.6. The summed E-state index contributed by atoms with van der Waals surface area (Å²) in [5, 5.41) is 11.0. The number of carbonyl (C=O) groups excluding carboxylic acids is 1. The smallest absolute Gasteiger partial charge is 0.315 e. The summed E-state index contributed by atoms with van der Waals surface area (Å²) < 4.78 is 1.74. The second-order valence-corrected chi connectivity index (χ2v) is 8.88. The van der Waals surface area contributed by atoms with Crippen molar-refractivity contribution >= 4 is 17.5 Å². The summed E-state index contributed by atoms with van der Waals surface area (Å²) >= 11 is 6.38. The Balaban J connectivity index is 1.85. The maximum atomic E-state index is 12.6. The molecule has 1 amide bonds. The van der Waals surface area contributed by atoms with Crippen LogP contribution in [0.5, 0.6) is 5.75 Å². The average Bonchev–Trinajstić information content (AvgIpc) is 2.68. The molecule has 154 valence electrons. The molecular weight excluding hydrogens is 390 g/mol. The van der Waals surface area contributed by atoms with E-state index in [0.29, 0.717) is 30.4 Å². The third-order valence-corrected chi connectivity index (χ3v) is 6.63. The predicted octanol–water partition coefficient (Wildman–Crippen LogP) is 3.44. The van der Waals surface area contributed by atoms with E-state index in [9.17, 15) is 14.7 Å². The SMILES string of the molecule is Cc1cc(Cl)cc(C2(Cc3nc(=O)c(O)c4n3CCN(C)C4=O)CCCCC2)c1. The maximum absolute atomic E-state index is 12.6. The van der Waals surface area contributed by atoms with Crippen LogP contribution in [-0.2, 0) is 18.4 Å². The molecule has 0 saturated heterocycles. The number of rotatable bonds is 3. The fraction of sp³-hybridized carbons (Fsp3) is 0.500. The Morgan fingerprint density at radius 2 is 1.86 bits per heavy atom. The Kier molecular flexibility index (Phi) is 5.15. The van der Waals surface area contributed by atoms with Gasteiger partial charge < -0.3 is 14.6 Å². The number of aromatic hydroxyl groups is 1. The molecule has 0 radical (unpaired) electrons. The molecule has 2 aliphatic rings. The van der Waals surface area contributed by atoms with Gasteiger partial charge in [0.2, 0.25) is 5.75 Å². The highest BCUT2D eigenvalue weighted by Gasteiger charge is 2.38. The first-order valence-electron chi connectivity index (χ1n) is 10.2. The van der Waals surface area contributed by atoms with Gasteiger partial charge in [-0.1, -0.05) is 36.9 Å². The summed E-state index contributed by atoms with van der Waals surface area (Å²) in [7, 11) is 1.67. The molecule has 1 saturated carbocycles. The number of fused-ring (bicyclic) bond motifs is 1. The minimum Gasteiger partial charge on any atom is -0.501 e. The Bertz CT molecular complexity index is 1000. The van der Waals surface area contributed by atoms with Gasteiger partial charge in [-0.05, 0) is 43.0 Å². The first-order chi connectivity index (χ1) is 13.8. The number of aromatic nitrogens is 2. The Morgan fingerprint density at radius 1 is 1.14 bits per heavy atom. The van der Waals surface area contributed by atoms with Crippen molar-refractivity contribution in [3.05, 3.63) is 56.2 Å². The molecule has 1 aromatic heterocycles. The number of amides is 1. The minimum absolute atomic E-state index is 0.0574. The van der Waals surface area contributed by atoms with E-state index in [0.717, 1.165) is 36.8 Å². The van der Waals surface area contributed by atoms with Crippen molar-refractivity contribution < 1.29 is 9.90 Å². The first kappa shape index (κ1) is 20.0. The van der Waals surface area contributed by atoms with Gasteiger partial charge in [0.1, 0.15) is 5.82 Å². The van der Waals surface area contributed by atoms with Crippen LogP contribution in [0.1, 0.15) is 59.5 Å². The zero-order valence-corrected chi connectivity index (χ0v) is 17.6. The first-order valence-corrected chi connectivity index (χ1v) is 10.5. The highest BCUT2D eigenvalue weighted by molar-refractivity contribution is 6.30. The van der Waals surface area contributed by atoms with Crippen molar-refractivity contribution in [2.24, 2.45) is 0 Å². The number of likely N-dealkylation sites (N-methyl/N-ethyl adjacent to an activating group) is 1. The van der Waals surface area contributed by atoms with E-state index in [2.05, 4.69) is 11.1 Å². The Morgan fingerprint density at radius 3 is 2.55 bits per heavy atom. The van der Waals surface area contributed by atoms with Crippen molar-refractivity contribution in [2.75, 3.05) is 13.6 Å². The lowest BCUT2D eigenvalue weighted by molar-refractivity contribution is 0.0737. The molecule has 1 aromatic carbocycles. The highest BCUT2D eigenvalue weighted by atomic mass is 35.5. The molecule has 2 heterocycles. The van der Waals surface area contributed by atoms with Crippen molar-refractivity contribution in [3.8, 4) is 5.75 Å². The van der Waals surface area contributed by atoms with Crippen LogP contribution in [0, 0.1) is 6.92 Å². The van der Waals surface area contributed by atoms with Crippen molar-refractivity contribution in [3.63, 3.8) is 0 Å². The topological polar surface area (TPSA) is 75.4 Å². The van der Waals surface area contributed by atoms with Gasteiger partial charge in [0.25, 0.3) is 5.91 Å². The number of hydrogen-bond donors (Lipinski definition) is 1. The van der Waals surface area contributed by atoms with Crippen LogP contribution in [0.4, 0.5) is 0 Å². The van der Waals surface area contributed by atoms with Crippen LogP contribution in [0.3, 0.4) is 0 Å². The summed E-state index contributed by atoms with van der Waals surface area (Å²) in [4.78, 5) is 30.8. The summed E-state index contributed by atoms with van der Waals surface area (Å²) in [6, 6.07) is 6.14. The van der Waals surface area contributed by atoms with Gasteiger partial charge in [0.15, 0.2) is 5.69 Å². The van der Waals surface area contributed by atoms with Gasteiger partial charge in [0, 0.05) is 37.0 Å². The van der Waals surface area contributed by atoms with E-state index in [-0.39, 0.29) is 17.0 Å². The zero-order valence-electron chi connectivity index (χ0n) is 16.9. The van der Waals surface area contributed by atoms with Gasteiger partial charge in [-0.3, -0.25) is 9.59 Å². The number of benzene rings is 1. The molecule has 0 bridgehead atoms. The van der Waals surface area contributed by atoms with Gasteiger partial charge in [-0.2, -0.15) is 4.98 Å². The molecule has 1 aliphatic carbocycles. The number of hydrogen-bond acceptors (Lipinski definition) is 4. The Hall–Kier alpha value is -2.34. The molecule has 2 aromatic rings. The monoisotopic (exact) mass is 415 g/mol. The fourth-order valence-corrected chi connectivity index (χ4v) is 5.14. The molecular formula is C22H26ClN3O3. The third kappa shape index (κ3) is 3.54. The maximum Gasteiger partial charge on any atom is 0.315 e. The lowest BCUT2D eigenvalue weighted by Crippen LogP contribution is -2.42. The molecule has 0 atom stereocenters. The van der Waals surface area contributed by atoms with E-state index in [1.165, 1.54) is 11.3 Å². The fourth-order valence-electron chi connectivity index (χ4n) is 4.85. The van der Waals surface area contributed by atoms with Gasteiger partial charge in [-0.15, -0.1) is 0 Å². The molecule has 0 spiro atoms. The predicted molar refractivity (Wildman–Crippen MR) is 112 cm³/mol. The molecule has 29 heavy (non-hydrogen) atoms. The lowest BCUT2D eigenvalue weighted by Gasteiger charge is -2.39. The number of nitrogens with zero attached hydrogens (tertiary/aromatic N) is 3. The van der Waals surface area contributed by atoms with E-state index in [4.69, 9.17) is 11.6 Å². The largest absolute Gasteiger partial charge is 0.501 e. The average molecular weight is 416 g/mol. The molecule has 6 nitrogen and oxygen atoms in total. The molecule has 0 unspecified atom stereocenters. The minimum atomic E-state index is -0.733. The van der Waals surface area contributed by atoms with Gasteiger partial charge >= 0.3 is 5.56 Å². The quantitative estimate of drug-likeness (QED) is 0.833. The van der Waals surface area contributed by atoms with Crippen LogP contribution in [0.2, 0.25) is 5.02 Å². The van der Waals surface area contributed by atoms with Crippen molar-refractivity contribution in [1.82, 2.24) is 14.5 Å². The summed E-state index contributed by atoms with van der Waals surface area (Å²) in [5.41, 5.74) is 1.41. The molecule has 4 rings (SSSR count). The van der Waals surface area contributed by atoms with Crippen LogP contribution in [0.15, 0.2) is 23.0 Å². The molecule has 1 fully saturated rings. The molecule has 7 heteroatoms. The second-order valence-electron chi connectivity index (χ2n) is 8.44. The van der Waals surface area contributed by atoms with Crippen LogP contribution in [-0.4, -0.2) is 39.1 Å². The highest BCUT2D eigenvalue weighted by Crippen LogP contribution is 2.43. The van der Waals surface area contributed by atoms with Crippen LogP contribution in [0.25, 0.3) is 0 Å². The van der Waals surface area contributed by atoms with Gasteiger partial charge in [0.05, 0.1) is 0 Å². The number of halogens is 1. The van der Waals surface area contributed by atoms with E-state index < -0.39 is 11.3 Å².